The van der Waals surface area contributed by atoms with Gasteiger partial charge in [0.2, 0.25) is 15.9 Å². The van der Waals surface area contributed by atoms with E-state index in [9.17, 15) is 17.6 Å². The molecule has 0 spiro atoms. The fourth-order valence-corrected chi connectivity index (χ4v) is 2.69. The molecule has 7 heteroatoms. The summed E-state index contributed by atoms with van der Waals surface area (Å²) in [6.07, 6.45) is 3.41. The van der Waals surface area contributed by atoms with Gasteiger partial charge in [-0.05, 0) is 49.0 Å². The number of anilines is 1. The fourth-order valence-electron chi connectivity index (χ4n) is 1.96. The van der Waals surface area contributed by atoms with Gasteiger partial charge in [-0.25, -0.2) is 17.5 Å². The van der Waals surface area contributed by atoms with Gasteiger partial charge in [0.25, 0.3) is 0 Å². The zero-order valence-electron chi connectivity index (χ0n) is 13.0. The first-order valence-electron chi connectivity index (χ1n) is 7.16. The SMILES string of the molecule is CNS(=O)(=O)c1ccc(NC(=O)CC=Cc2cccc(F)c2)cc1. The number of hydrogen-bond donors (Lipinski definition) is 2. The molecule has 2 aromatic carbocycles. The van der Waals surface area contributed by atoms with Gasteiger partial charge in [0, 0.05) is 12.1 Å². The van der Waals surface area contributed by atoms with Crippen molar-refractivity contribution in [3.05, 3.63) is 66.0 Å². The van der Waals surface area contributed by atoms with Gasteiger partial charge in [0.15, 0.2) is 0 Å². The molecule has 5 nitrogen and oxygen atoms in total. The van der Waals surface area contributed by atoms with E-state index in [4.69, 9.17) is 0 Å². The second-order valence-corrected chi connectivity index (χ2v) is 6.83. The third-order valence-electron chi connectivity index (χ3n) is 3.18. The monoisotopic (exact) mass is 348 g/mol. The number of sulfonamides is 1. The summed E-state index contributed by atoms with van der Waals surface area (Å²) < 4.78 is 38.4. The van der Waals surface area contributed by atoms with E-state index in [0.717, 1.165) is 0 Å². The van der Waals surface area contributed by atoms with E-state index in [1.165, 1.54) is 43.4 Å². The molecule has 126 valence electrons. The van der Waals surface area contributed by atoms with E-state index >= 15 is 0 Å². The van der Waals surface area contributed by atoms with E-state index in [1.54, 1.807) is 24.3 Å². The van der Waals surface area contributed by atoms with Crippen LogP contribution in [0.5, 0.6) is 0 Å². The Morgan fingerprint density at radius 2 is 1.88 bits per heavy atom. The van der Waals surface area contributed by atoms with E-state index in [2.05, 4.69) is 10.0 Å². The van der Waals surface area contributed by atoms with Crippen LogP contribution in [0.1, 0.15) is 12.0 Å². The Morgan fingerprint density at radius 1 is 1.17 bits per heavy atom. The predicted octanol–water partition coefficient (Wildman–Crippen LogP) is 2.78. The highest BCUT2D eigenvalue weighted by Gasteiger charge is 2.10. The number of halogens is 1. The van der Waals surface area contributed by atoms with Gasteiger partial charge in [-0.15, -0.1) is 0 Å². The molecule has 2 rings (SSSR count). The molecule has 0 bridgehead atoms. The van der Waals surface area contributed by atoms with Gasteiger partial charge in [-0.2, -0.15) is 0 Å². The lowest BCUT2D eigenvalue weighted by Gasteiger charge is -2.06. The molecule has 0 fully saturated rings. The van der Waals surface area contributed by atoms with Crippen molar-refractivity contribution in [1.29, 1.82) is 0 Å². The van der Waals surface area contributed by atoms with Crippen LogP contribution < -0.4 is 10.0 Å². The van der Waals surface area contributed by atoms with Gasteiger partial charge in [-0.1, -0.05) is 24.3 Å². The van der Waals surface area contributed by atoms with E-state index in [1.807, 2.05) is 0 Å². The van der Waals surface area contributed by atoms with Crippen molar-refractivity contribution in [2.45, 2.75) is 11.3 Å². The number of hydrogen-bond acceptors (Lipinski definition) is 3. The van der Waals surface area contributed by atoms with E-state index in [0.29, 0.717) is 11.3 Å². The molecule has 0 atom stereocenters. The zero-order chi connectivity index (χ0) is 17.6. The second-order valence-electron chi connectivity index (χ2n) is 4.94. The van der Waals surface area contributed by atoms with Crippen LogP contribution >= 0.6 is 0 Å². The first-order valence-corrected chi connectivity index (χ1v) is 8.64. The number of carbonyl (C=O) groups excluding carboxylic acids is 1. The molecule has 0 saturated carbocycles. The second kappa shape index (κ2) is 7.85. The quantitative estimate of drug-likeness (QED) is 0.843. The molecule has 0 heterocycles. The van der Waals surface area contributed by atoms with Gasteiger partial charge in [0.1, 0.15) is 5.82 Å². The minimum atomic E-state index is -3.50. The molecule has 0 aromatic heterocycles. The summed E-state index contributed by atoms with van der Waals surface area (Å²) in [5.41, 5.74) is 1.17. The lowest BCUT2D eigenvalue weighted by molar-refractivity contribution is -0.115. The minimum Gasteiger partial charge on any atom is -0.326 e. The Hall–Kier alpha value is -2.51. The summed E-state index contributed by atoms with van der Waals surface area (Å²) in [5, 5.41) is 2.66. The number of rotatable bonds is 6. The number of amides is 1. The Bertz CT molecular complexity index is 846. The van der Waals surface area contributed by atoms with Crippen molar-refractivity contribution in [1.82, 2.24) is 4.72 Å². The van der Waals surface area contributed by atoms with Crippen molar-refractivity contribution in [2.75, 3.05) is 12.4 Å². The van der Waals surface area contributed by atoms with Crippen LogP contribution in [0.25, 0.3) is 6.08 Å². The molecule has 0 aliphatic carbocycles. The Balaban J connectivity index is 1.93. The molecule has 0 radical (unpaired) electrons. The molecule has 0 unspecified atom stereocenters. The van der Waals surface area contributed by atoms with Crippen LogP contribution in [0.4, 0.5) is 10.1 Å². The lowest BCUT2D eigenvalue weighted by Crippen LogP contribution is -2.18. The normalized spacial score (nSPS) is 11.6. The summed E-state index contributed by atoms with van der Waals surface area (Å²) >= 11 is 0. The zero-order valence-corrected chi connectivity index (χ0v) is 13.8. The summed E-state index contributed by atoms with van der Waals surface area (Å²) in [6, 6.07) is 11.9. The van der Waals surface area contributed by atoms with Crippen molar-refractivity contribution in [3.63, 3.8) is 0 Å². The number of benzene rings is 2. The van der Waals surface area contributed by atoms with Gasteiger partial charge in [0.05, 0.1) is 4.90 Å². The minimum absolute atomic E-state index is 0.118. The first kappa shape index (κ1) is 17.8. The predicted molar refractivity (Wildman–Crippen MR) is 91.4 cm³/mol. The van der Waals surface area contributed by atoms with Crippen LogP contribution in [0.15, 0.2) is 59.5 Å². The van der Waals surface area contributed by atoms with Crippen molar-refractivity contribution < 1.29 is 17.6 Å². The molecular weight excluding hydrogens is 331 g/mol. The highest BCUT2D eigenvalue weighted by atomic mass is 32.2. The molecule has 0 saturated heterocycles. The maximum Gasteiger partial charge on any atom is 0.240 e. The molecule has 1 amide bonds. The third kappa shape index (κ3) is 5.00. The van der Waals surface area contributed by atoms with Crippen LogP contribution in [-0.2, 0) is 14.8 Å². The number of nitrogens with one attached hydrogen (secondary N) is 2. The van der Waals surface area contributed by atoms with Gasteiger partial charge in [-0.3, -0.25) is 4.79 Å². The average molecular weight is 348 g/mol. The molecule has 0 aliphatic heterocycles. The van der Waals surface area contributed by atoms with E-state index in [-0.39, 0.29) is 23.0 Å². The molecule has 0 aliphatic rings. The summed E-state index contributed by atoms with van der Waals surface area (Å²) in [6.45, 7) is 0. The van der Waals surface area contributed by atoms with Crippen molar-refractivity contribution >= 4 is 27.7 Å². The third-order valence-corrected chi connectivity index (χ3v) is 4.61. The average Bonchev–Trinajstić information content (AvgIpc) is 2.55. The molecule has 24 heavy (non-hydrogen) atoms. The van der Waals surface area contributed by atoms with Crippen molar-refractivity contribution in [2.24, 2.45) is 0 Å². The van der Waals surface area contributed by atoms with Crippen LogP contribution in [0.3, 0.4) is 0 Å². The van der Waals surface area contributed by atoms with Crippen LogP contribution in [-0.4, -0.2) is 21.4 Å². The highest BCUT2D eigenvalue weighted by Crippen LogP contribution is 2.14. The maximum atomic E-state index is 13.0. The van der Waals surface area contributed by atoms with E-state index < -0.39 is 10.0 Å². The molecule has 2 aromatic rings. The highest BCUT2D eigenvalue weighted by molar-refractivity contribution is 7.89. The molecule has 2 N–H and O–H groups in total. The van der Waals surface area contributed by atoms with Crippen LogP contribution in [0, 0.1) is 5.82 Å². The standard InChI is InChI=1S/C17H17FN2O3S/c1-19-24(22,23)16-10-8-15(9-11-16)20-17(21)7-3-5-13-4-2-6-14(18)12-13/h2-6,8-12,19H,7H2,1H3,(H,20,21). The molecular formula is C17H17FN2O3S. The summed E-state index contributed by atoms with van der Waals surface area (Å²) in [4.78, 5) is 12.0. The van der Waals surface area contributed by atoms with Crippen molar-refractivity contribution in [3.8, 4) is 0 Å². The smallest absolute Gasteiger partial charge is 0.240 e. The topological polar surface area (TPSA) is 75.3 Å². The van der Waals surface area contributed by atoms with Gasteiger partial charge >= 0.3 is 0 Å². The Labute approximate surface area is 140 Å². The fraction of sp³-hybridized carbons (Fsp3) is 0.118. The summed E-state index contributed by atoms with van der Waals surface area (Å²) in [7, 11) is -2.17. The van der Waals surface area contributed by atoms with Crippen LogP contribution in [0.2, 0.25) is 0 Å². The Kier molecular flexibility index (Phi) is 5.83. The first-order chi connectivity index (χ1) is 11.4. The number of carbonyl (C=O) groups is 1. The lowest BCUT2D eigenvalue weighted by atomic mass is 10.2. The summed E-state index contributed by atoms with van der Waals surface area (Å²) in [5.74, 6) is -0.593. The Morgan fingerprint density at radius 3 is 2.50 bits per heavy atom. The largest absolute Gasteiger partial charge is 0.326 e. The van der Waals surface area contributed by atoms with Gasteiger partial charge < -0.3 is 5.32 Å². The maximum absolute atomic E-state index is 13.0.